The second-order valence-electron chi connectivity index (χ2n) is 6.66. The average molecular weight is 389 g/mol. The Hall–Kier alpha value is -2.04. The summed E-state index contributed by atoms with van der Waals surface area (Å²) in [6.45, 7) is 6.29. The number of hydrogen-bond donors (Lipinski definition) is 3. The molecule has 27 heavy (non-hydrogen) atoms. The summed E-state index contributed by atoms with van der Waals surface area (Å²) in [4.78, 5) is 49.6. The Kier molecular flexibility index (Phi) is 12.2. The molecule has 0 radical (unpaired) electrons. The van der Waals surface area contributed by atoms with E-state index in [2.05, 4.69) is 0 Å². The first-order valence-corrected chi connectivity index (χ1v) is 8.90. The molecule has 0 bridgehead atoms. The number of hydrogen-bond acceptors (Lipinski definition) is 7. The van der Waals surface area contributed by atoms with Crippen molar-refractivity contribution in [3.63, 3.8) is 0 Å². The van der Waals surface area contributed by atoms with Crippen molar-refractivity contribution in [3.8, 4) is 0 Å². The minimum Gasteiger partial charge on any atom is -0.480 e. The van der Waals surface area contributed by atoms with Crippen LogP contribution in [0.5, 0.6) is 0 Å². The van der Waals surface area contributed by atoms with Crippen LogP contribution in [0.25, 0.3) is 0 Å². The molecule has 0 rings (SSSR count). The van der Waals surface area contributed by atoms with Gasteiger partial charge in [-0.15, -0.1) is 0 Å². The summed E-state index contributed by atoms with van der Waals surface area (Å²) < 4.78 is 0. The van der Waals surface area contributed by atoms with Crippen LogP contribution in [0.1, 0.15) is 20.8 Å². The number of likely N-dealkylation sites (N-methyl/N-ethyl adjacent to an activating group) is 1. The fourth-order valence-corrected chi connectivity index (χ4v) is 2.38. The van der Waals surface area contributed by atoms with Crippen LogP contribution in [0.4, 0.5) is 0 Å². The largest absolute Gasteiger partial charge is 0.480 e. The van der Waals surface area contributed by atoms with Gasteiger partial charge in [-0.3, -0.25) is 33.9 Å². The monoisotopic (exact) mass is 389 g/mol. The topological polar surface area (TPSA) is 139 Å². The van der Waals surface area contributed by atoms with E-state index >= 15 is 0 Å². The van der Waals surface area contributed by atoms with Crippen molar-refractivity contribution in [1.82, 2.24) is 14.7 Å². The zero-order valence-corrected chi connectivity index (χ0v) is 16.3. The van der Waals surface area contributed by atoms with Gasteiger partial charge in [-0.2, -0.15) is 0 Å². The first-order chi connectivity index (χ1) is 12.5. The Morgan fingerprint density at radius 1 is 0.667 bits per heavy atom. The molecule has 0 heterocycles. The third-order valence-electron chi connectivity index (χ3n) is 4.01. The number of nitrogens with zero attached hydrogens (tertiary/aromatic N) is 3. The predicted molar refractivity (Wildman–Crippen MR) is 97.7 cm³/mol. The summed E-state index contributed by atoms with van der Waals surface area (Å²) >= 11 is 0. The summed E-state index contributed by atoms with van der Waals surface area (Å²) in [7, 11) is 0. The highest BCUT2D eigenvalue weighted by atomic mass is 16.4. The molecule has 3 N–H and O–H groups in total. The first-order valence-electron chi connectivity index (χ1n) is 8.90. The summed E-state index contributed by atoms with van der Waals surface area (Å²) in [5.74, 6) is -3.35. The van der Waals surface area contributed by atoms with E-state index in [0.29, 0.717) is 19.6 Å². The quantitative estimate of drug-likeness (QED) is 0.313. The van der Waals surface area contributed by atoms with Gasteiger partial charge in [0.2, 0.25) is 0 Å². The smallest absolute Gasteiger partial charge is 0.317 e. The van der Waals surface area contributed by atoms with Gasteiger partial charge in [0, 0.05) is 32.1 Å². The number of carbonyl (C=O) groups is 4. The Bertz CT molecular complexity index is 511. The summed E-state index contributed by atoms with van der Waals surface area (Å²) in [5, 5.41) is 27.0. The van der Waals surface area contributed by atoms with Gasteiger partial charge >= 0.3 is 17.9 Å². The molecule has 0 unspecified atom stereocenters. The standard InChI is InChI=1S/C17H31N3O7/c1-4-18(10-15(22)23)5-6-19(11-16(24)25)7-8-20(12-17(26)27)9-14(21)13(2)3/h13H,4-12H2,1-3H3,(H,22,23)(H,24,25)(H,26,27). The van der Waals surface area contributed by atoms with Gasteiger partial charge in [0.05, 0.1) is 26.2 Å². The number of carboxylic acid groups (broad SMARTS) is 3. The molecule has 10 heteroatoms. The van der Waals surface area contributed by atoms with E-state index in [0.717, 1.165) is 0 Å². The predicted octanol–water partition coefficient (Wildman–Crippen LogP) is -0.609. The number of aliphatic carboxylic acids is 3. The number of ketones is 1. The third kappa shape index (κ3) is 12.9. The number of carboxylic acids is 3. The molecule has 0 saturated carbocycles. The SMILES string of the molecule is CCN(CCN(CCN(CC(=O)O)CC(=O)C(C)C)CC(=O)O)CC(=O)O. The van der Waals surface area contributed by atoms with E-state index in [1.54, 1.807) is 23.6 Å². The Morgan fingerprint density at radius 2 is 1.04 bits per heavy atom. The second kappa shape index (κ2) is 13.2. The molecule has 10 nitrogen and oxygen atoms in total. The Balaban J connectivity index is 4.81. The zero-order valence-electron chi connectivity index (χ0n) is 16.3. The molecule has 156 valence electrons. The summed E-state index contributed by atoms with van der Waals surface area (Å²) in [5.41, 5.74) is 0. The fraction of sp³-hybridized carbons (Fsp3) is 0.765. The van der Waals surface area contributed by atoms with E-state index in [1.165, 1.54) is 4.90 Å². The van der Waals surface area contributed by atoms with Crippen molar-refractivity contribution in [3.05, 3.63) is 0 Å². The van der Waals surface area contributed by atoms with Gasteiger partial charge in [0.1, 0.15) is 5.78 Å². The average Bonchev–Trinajstić information content (AvgIpc) is 2.54. The van der Waals surface area contributed by atoms with Crippen LogP contribution < -0.4 is 0 Å². The normalized spacial score (nSPS) is 11.5. The minimum atomic E-state index is -1.06. The Morgan fingerprint density at radius 3 is 1.44 bits per heavy atom. The third-order valence-corrected chi connectivity index (χ3v) is 4.01. The van der Waals surface area contributed by atoms with Crippen molar-refractivity contribution in [2.45, 2.75) is 20.8 Å². The lowest BCUT2D eigenvalue weighted by Gasteiger charge is -2.27. The number of rotatable bonds is 16. The van der Waals surface area contributed by atoms with Gasteiger partial charge in [0.25, 0.3) is 0 Å². The lowest BCUT2D eigenvalue weighted by atomic mass is 10.1. The van der Waals surface area contributed by atoms with E-state index < -0.39 is 17.9 Å². The zero-order chi connectivity index (χ0) is 21.0. The highest BCUT2D eigenvalue weighted by Crippen LogP contribution is 2.00. The lowest BCUT2D eigenvalue weighted by molar-refractivity contribution is -0.140. The second-order valence-corrected chi connectivity index (χ2v) is 6.66. The van der Waals surface area contributed by atoms with Crippen molar-refractivity contribution in [2.75, 3.05) is 58.9 Å². The number of Topliss-reactive ketones (excluding diaryl/α,β-unsaturated/α-hetero) is 1. The van der Waals surface area contributed by atoms with Crippen molar-refractivity contribution in [1.29, 1.82) is 0 Å². The van der Waals surface area contributed by atoms with Crippen LogP contribution in [0.2, 0.25) is 0 Å². The van der Waals surface area contributed by atoms with E-state index in [1.807, 2.05) is 6.92 Å². The van der Waals surface area contributed by atoms with Crippen LogP contribution in [0, 0.1) is 5.92 Å². The summed E-state index contributed by atoms with van der Waals surface area (Å²) in [6.07, 6.45) is 0. The molecule has 0 aromatic carbocycles. The van der Waals surface area contributed by atoms with Crippen LogP contribution in [-0.2, 0) is 19.2 Å². The van der Waals surface area contributed by atoms with E-state index in [9.17, 15) is 19.2 Å². The molecule has 0 aliphatic carbocycles. The molecule has 0 aliphatic rings. The molecular weight excluding hydrogens is 358 g/mol. The number of carbonyl (C=O) groups excluding carboxylic acids is 1. The minimum absolute atomic E-state index is 0.00895. The van der Waals surface area contributed by atoms with Crippen LogP contribution >= 0.6 is 0 Å². The molecule has 0 aliphatic heterocycles. The van der Waals surface area contributed by atoms with Crippen LogP contribution in [0.15, 0.2) is 0 Å². The highest BCUT2D eigenvalue weighted by Gasteiger charge is 2.19. The first kappa shape index (κ1) is 25.0. The molecule has 0 saturated heterocycles. The van der Waals surface area contributed by atoms with Crippen molar-refractivity contribution in [2.24, 2.45) is 5.92 Å². The fourth-order valence-electron chi connectivity index (χ4n) is 2.38. The van der Waals surface area contributed by atoms with Crippen LogP contribution in [0.3, 0.4) is 0 Å². The molecular formula is C17H31N3O7. The molecule has 0 atom stereocenters. The van der Waals surface area contributed by atoms with Crippen LogP contribution in [-0.4, -0.2) is 113 Å². The van der Waals surface area contributed by atoms with Crippen molar-refractivity contribution < 1.29 is 34.5 Å². The van der Waals surface area contributed by atoms with Gasteiger partial charge in [0.15, 0.2) is 0 Å². The maximum absolute atomic E-state index is 11.9. The van der Waals surface area contributed by atoms with Gasteiger partial charge < -0.3 is 15.3 Å². The molecule has 0 spiro atoms. The molecule has 0 aromatic rings. The molecule has 0 fully saturated rings. The van der Waals surface area contributed by atoms with E-state index in [-0.39, 0.29) is 51.0 Å². The summed E-state index contributed by atoms with van der Waals surface area (Å²) in [6, 6.07) is 0. The lowest BCUT2D eigenvalue weighted by Crippen LogP contribution is -2.45. The van der Waals surface area contributed by atoms with E-state index in [4.69, 9.17) is 15.3 Å². The van der Waals surface area contributed by atoms with Gasteiger partial charge in [-0.05, 0) is 6.54 Å². The maximum Gasteiger partial charge on any atom is 0.317 e. The van der Waals surface area contributed by atoms with Gasteiger partial charge in [-0.1, -0.05) is 20.8 Å². The maximum atomic E-state index is 11.9. The molecule has 0 amide bonds. The molecule has 0 aromatic heterocycles. The Labute approximate surface area is 159 Å². The van der Waals surface area contributed by atoms with Crippen molar-refractivity contribution >= 4 is 23.7 Å². The highest BCUT2D eigenvalue weighted by molar-refractivity contribution is 5.82. The van der Waals surface area contributed by atoms with Gasteiger partial charge in [-0.25, -0.2) is 0 Å².